The lowest BCUT2D eigenvalue weighted by Crippen LogP contribution is -2.32. The molecule has 1 amide bonds. The van der Waals surface area contributed by atoms with Crippen molar-refractivity contribution in [3.63, 3.8) is 0 Å². The minimum Gasteiger partial charge on any atom is -0.496 e. The molecule has 0 unspecified atom stereocenters. The maximum absolute atomic E-state index is 13.8. The number of fused-ring (bicyclic) bond motifs is 2. The predicted molar refractivity (Wildman–Crippen MR) is 149 cm³/mol. The lowest BCUT2D eigenvalue weighted by molar-refractivity contribution is 0.0743. The minimum atomic E-state index is -0.0192. The largest absolute Gasteiger partial charge is 0.496 e. The number of hydrogen-bond donors (Lipinski definition) is 0. The number of carbonyl (C=O) groups excluding carboxylic acids is 1. The summed E-state index contributed by atoms with van der Waals surface area (Å²) in [5.41, 5.74) is 1.12. The van der Waals surface area contributed by atoms with Gasteiger partial charge in [0.25, 0.3) is 5.91 Å². The SMILES string of the molecule is CCN(CC)CCCCN(Cc1ccc2ccccc2c1)C(=O)c1sc2cccc(OC)c2c1Cl. The number of benzene rings is 3. The standard InChI is InChI=1S/C29H33ClN2O2S/c1-4-31(5-2)17-8-9-18-32(20-21-15-16-22-11-6-7-12-23(22)19-21)29(33)28-27(30)26-24(34-3)13-10-14-25(26)35-28/h6-7,10-16,19H,4-5,8-9,17-18,20H2,1-3H3. The summed E-state index contributed by atoms with van der Waals surface area (Å²) in [6.07, 6.45) is 2.00. The number of rotatable bonds is 11. The molecule has 0 spiro atoms. The molecule has 0 saturated carbocycles. The Labute approximate surface area is 217 Å². The summed E-state index contributed by atoms with van der Waals surface area (Å²) in [6, 6.07) is 20.6. The molecule has 0 N–H and O–H groups in total. The molecule has 4 nitrogen and oxygen atoms in total. The number of methoxy groups -OCH3 is 1. The highest BCUT2D eigenvalue weighted by Crippen LogP contribution is 2.41. The van der Waals surface area contributed by atoms with Crippen LogP contribution < -0.4 is 4.74 Å². The topological polar surface area (TPSA) is 32.8 Å². The summed E-state index contributed by atoms with van der Waals surface area (Å²) >= 11 is 8.22. The monoisotopic (exact) mass is 508 g/mol. The van der Waals surface area contributed by atoms with Crippen LogP contribution in [0.2, 0.25) is 5.02 Å². The molecule has 0 aliphatic carbocycles. The fourth-order valence-corrected chi connectivity index (χ4v) is 6.05. The molecule has 35 heavy (non-hydrogen) atoms. The van der Waals surface area contributed by atoms with Crippen molar-refractivity contribution in [3.8, 4) is 5.75 Å². The molecule has 0 aliphatic heterocycles. The van der Waals surface area contributed by atoms with E-state index in [9.17, 15) is 4.79 Å². The van der Waals surface area contributed by atoms with Gasteiger partial charge in [-0.05, 0) is 67.0 Å². The predicted octanol–water partition coefficient (Wildman–Crippen LogP) is 7.48. The van der Waals surface area contributed by atoms with Gasteiger partial charge in [0, 0.05) is 17.8 Å². The smallest absolute Gasteiger partial charge is 0.265 e. The van der Waals surface area contributed by atoms with Crippen LogP contribution in [0.5, 0.6) is 5.75 Å². The first-order valence-electron chi connectivity index (χ1n) is 12.3. The highest BCUT2D eigenvalue weighted by molar-refractivity contribution is 7.21. The lowest BCUT2D eigenvalue weighted by atomic mass is 10.1. The van der Waals surface area contributed by atoms with Crippen molar-refractivity contribution >= 4 is 49.7 Å². The van der Waals surface area contributed by atoms with Crippen molar-refractivity contribution in [1.82, 2.24) is 9.80 Å². The molecule has 3 aromatic carbocycles. The Morgan fingerprint density at radius 3 is 2.43 bits per heavy atom. The van der Waals surface area contributed by atoms with E-state index < -0.39 is 0 Å². The summed E-state index contributed by atoms with van der Waals surface area (Å²) in [7, 11) is 1.63. The van der Waals surface area contributed by atoms with E-state index in [0.29, 0.717) is 28.7 Å². The van der Waals surface area contributed by atoms with Crippen LogP contribution in [0.1, 0.15) is 41.9 Å². The molecule has 4 aromatic rings. The van der Waals surface area contributed by atoms with E-state index in [0.717, 1.165) is 48.1 Å². The molecular formula is C29H33ClN2O2S. The van der Waals surface area contributed by atoms with Crippen molar-refractivity contribution in [3.05, 3.63) is 76.1 Å². The number of hydrogen-bond acceptors (Lipinski definition) is 4. The highest BCUT2D eigenvalue weighted by Gasteiger charge is 2.24. The molecule has 1 heterocycles. The van der Waals surface area contributed by atoms with Gasteiger partial charge in [-0.3, -0.25) is 4.79 Å². The molecule has 4 rings (SSSR count). The van der Waals surface area contributed by atoms with Crippen LogP contribution in [0.3, 0.4) is 0 Å². The second kappa shape index (κ2) is 11.9. The fourth-order valence-electron chi connectivity index (χ4n) is 4.52. The molecule has 184 valence electrons. The van der Waals surface area contributed by atoms with Crippen LogP contribution in [0, 0.1) is 0 Å². The zero-order chi connectivity index (χ0) is 24.8. The van der Waals surface area contributed by atoms with E-state index in [1.165, 1.54) is 22.1 Å². The summed E-state index contributed by atoms with van der Waals surface area (Å²) in [4.78, 5) is 18.8. The van der Waals surface area contributed by atoms with Gasteiger partial charge in [-0.2, -0.15) is 0 Å². The van der Waals surface area contributed by atoms with Crippen LogP contribution in [0.15, 0.2) is 60.7 Å². The van der Waals surface area contributed by atoms with E-state index >= 15 is 0 Å². The summed E-state index contributed by atoms with van der Waals surface area (Å²) in [6.45, 7) is 8.77. The number of amides is 1. The van der Waals surface area contributed by atoms with Crippen molar-refractivity contribution in [1.29, 1.82) is 0 Å². The Kier molecular flexibility index (Phi) is 8.66. The zero-order valence-corrected chi connectivity index (χ0v) is 22.3. The first-order valence-corrected chi connectivity index (χ1v) is 13.5. The van der Waals surface area contributed by atoms with Gasteiger partial charge in [-0.15, -0.1) is 11.3 Å². The third-order valence-corrected chi connectivity index (χ3v) is 8.19. The highest BCUT2D eigenvalue weighted by atomic mass is 35.5. The third-order valence-electron chi connectivity index (χ3n) is 6.55. The zero-order valence-electron chi connectivity index (χ0n) is 20.7. The molecule has 0 fully saturated rings. The Morgan fingerprint density at radius 2 is 1.69 bits per heavy atom. The number of halogens is 1. The first kappa shape index (κ1) is 25.5. The van der Waals surface area contributed by atoms with Gasteiger partial charge in [0.05, 0.1) is 17.5 Å². The van der Waals surface area contributed by atoms with Crippen LogP contribution >= 0.6 is 22.9 Å². The first-order chi connectivity index (χ1) is 17.0. The molecule has 0 saturated heterocycles. The third kappa shape index (κ3) is 5.80. The second-order valence-electron chi connectivity index (χ2n) is 8.72. The van der Waals surface area contributed by atoms with Crippen molar-refractivity contribution in [2.24, 2.45) is 0 Å². The Balaban J connectivity index is 1.60. The van der Waals surface area contributed by atoms with Gasteiger partial charge in [0.1, 0.15) is 10.6 Å². The molecule has 0 radical (unpaired) electrons. The van der Waals surface area contributed by atoms with Crippen LogP contribution in [-0.4, -0.2) is 49.0 Å². The van der Waals surface area contributed by atoms with Crippen LogP contribution in [-0.2, 0) is 6.54 Å². The van der Waals surface area contributed by atoms with Crippen LogP contribution in [0.4, 0.5) is 0 Å². The number of ether oxygens (including phenoxy) is 1. The molecule has 1 aromatic heterocycles. The van der Waals surface area contributed by atoms with Gasteiger partial charge in [-0.1, -0.05) is 67.9 Å². The normalized spacial score (nSPS) is 11.5. The van der Waals surface area contributed by atoms with Gasteiger partial charge < -0.3 is 14.5 Å². The number of nitrogens with zero attached hydrogens (tertiary/aromatic N) is 2. The number of unbranched alkanes of at least 4 members (excludes halogenated alkanes) is 1. The summed E-state index contributed by atoms with van der Waals surface area (Å²) < 4.78 is 6.48. The lowest BCUT2D eigenvalue weighted by Gasteiger charge is -2.24. The van der Waals surface area contributed by atoms with Crippen molar-refractivity contribution in [2.45, 2.75) is 33.2 Å². The molecular weight excluding hydrogens is 476 g/mol. The van der Waals surface area contributed by atoms with Crippen molar-refractivity contribution < 1.29 is 9.53 Å². The average molecular weight is 509 g/mol. The van der Waals surface area contributed by atoms with Crippen LogP contribution in [0.25, 0.3) is 20.9 Å². The van der Waals surface area contributed by atoms with E-state index in [-0.39, 0.29) is 5.91 Å². The van der Waals surface area contributed by atoms with Gasteiger partial charge in [-0.25, -0.2) is 0 Å². The average Bonchev–Trinajstić information content (AvgIpc) is 3.24. The number of thiophene rings is 1. The fraction of sp³-hybridized carbons (Fsp3) is 0.345. The van der Waals surface area contributed by atoms with E-state index in [4.69, 9.17) is 16.3 Å². The minimum absolute atomic E-state index is 0.0192. The number of carbonyl (C=O) groups is 1. The quantitative estimate of drug-likeness (QED) is 0.197. The maximum atomic E-state index is 13.8. The van der Waals surface area contributed by atoms with Gasteiger partial charge in [0.2, 0.25) is 0 Å². The summed E-state index contributed by atoms with van der Waals surface area (Å²) in [5, 5.41) is 3.69. The van der Waals surface area contributed by atoms with E-state index in [2.05, 4.69) is 49.1 Å². The molecule has 0 aliphatic rings. The Morgan fingerprint density at radius 1 is 0.943 bits per heavy atom. The second-order valence-corrected chi connectivity index (χ2v) is 10.2. The molecule has 0 atom stereocenters. The van der Waals surface area contributed by atoms with Gasteiger partial charge >= 0.3 is 0 Å². The van der Waals surface area contributed by atoms with Crippen molar-refractivity contribution in [2.75, 3.05) is 33.3 Å². The summed E-state index contributed by atoms with van der Waals surface area (Å²) in [5.74, 6) is 0.678. The van der Waals surface area contributed by atoms with E-state index in [1.54, 1.807) is 7.11 Å². The Bertz CT molecular complexity index is 1300. The Hall–Kier alpha value is -2.60. The molecule has 6 heteroatoms. The van der Waals surface area contributed by atoms with Gasteiger partial charge in [0.15, 0.2) is 0 Å². The van der Waals surface area contributed by atoms with E-state index in [1.807, 2.05) is 35.2 Å². The maximum Gasteiger partial charge on any atom is 0.265 e. The molecule has 0 bridgehead atoms.